The lowest BCUT2D eigenvalue weighted by molar-refractivity contribution is 0.0987. The first-order chi connectivity index (χ1) is 10.6. The molecule has 1 amide bonds. The summed E-state index contributed by atoms with van der Waals surface area (Å²) in [5, 5.41) is 8.11. The standard InChI is InChI=1S/C14H20N6O2/c1-3-10-9(7-19(2)17-10)8-20-6-4-5-11(20)14-16-13(12(15)21)18-22-14/h7,11H,3-6,8H2,1-2H3,(H2,15,21). The van der Waals surface area contributed by atoms with Crippen LogP contribution in [0.2, 0.25) is 0 Å². The van der Waals surface area contributed by atoms with Crippen LogP contribution in [-0.2, 0) is 20.0 Å². The number of aromatic nitrogens is 4. The van der Waals surface area contributed by atoms with Crippen LogP contribution in [0.5, 0.6) is 0 Å². The van der Waals surface area contributed by atoms with Crippen molar-refractivity contribution in [3.8, 4) is 0 Å². The maximum atomic E-state index is 11.1. The van der Waals surface area contributed by atoms with Crippen molar-refractivity contribution in [2.45, 2.75) is 38.8 Å². The van der Waals surface area contributed by atoms with E-state index in [1.165, 1.54) is 5.56 Å². The highest BCUT2D eigenvalue weighted by molar-refractivity contribution is 5.88. The van der Waals surface area contributed by atoms with Crippen LogP contribution in [0.3, 0.4) is 0 Å². The summed E-state index contributed by atoms with van der Waals surface area (Å²) in [6, 6.07) is 0.0329. The maximum Gasteiger partial charge on any atom is 0.290 e. The summed E-state index contributed by atoms with van der Waals surface area (Å²) in [5.74, 6) is -0.259. The Kier molecular flexibility index (Phi) is 3.93. The molecule has 1 unspecified atom stereocenters. The zero-order valence-corrected chi connectivity index (χ0v) is 12.8. The van der Waals surface area contributed by atoms with Gasteiger partial charge < -0.3 is 10.3 Å². The Bertz CT molecular complexity index is 677. The Labute approximate surface area is 128 Å². The van der Waals surface area contributed by atoms with Crippen molar-refractivity contribution in [3.63, 3.8) is 0 Å². The average molecular weight is 304 g/mol. The molecule has 118 valence electrons. The molecule has 2 N–H and O–H groups in total. The van der Waals surface area contributed by atoms with Crippen molar-refractivity contribution in [2.24, 2.45) is 12.8 Å². The third-order valence-corrected chi connectivity index (χ3v) is 4.01. The van der Waals surface area contributed by atoms with Crippen LogP contribution in [0.15, 0.2) is 10.7 Å². The molecule has 0 aromatic carbocycles. The molecule has 8 nitrogen and oxygen atoms in total. The van der Waals surface area contributed by atoms with Crippen LogP contribution in [-0.4, -0.2) is 37.3 Å². The summed E-state index contributed by atoms with van der Waals surface area (Å²) in [7, 11) is 1.93. The van der Waals surface area contributed by atoms with Crippen LogP contribution < -0.4 is 5.73 Å². The smallest absolute Gasteiger partial charge is 0.290 e. The van der Waals surface area contributed by atoms with E-state index in [2.05, 4.69) is 33.3 Å². The highest BCUT2D eigenvalue weighted by atomic mass is 16.5. The van der Waals surface area contributed by atoms with Gasteiger partial charge in [0.25, 0.3) is 11.7 Å². The number of carbonyl (C=O) groups is 1. The summed E-state index contributed by atoms with van der Waals surface area (Å²) in [6.07, 6.45) is 4.95. The lowest BCUT2D eigenvalue weighted by atomic mass is 10.1. The number of rotatable bonds is 5. The number of primary amides is 1. The minimum absolute atomic E-state index is 0.0329. The fourth-order valence-corrected chi connectivity index (χ4v) is 3.00. The molecule has 0 radical (unpaired) electrons. The molecule has 3 rings (SSSR count). The van der Waals surface area contributed by atoms with E-state index < -0.39 is 5.91 Å². The van der Waals surface area contributed by atoms with Gasteiger partial charge in [-0.25, -0.2) is 0 Å². The molecule has 0 bridgehead atoms. The second-order valence-electron chi connectivity index (χ2n) is 5.58. The highest BCUT2D eigenvalue weighted by Crippen LogP contribution is 2.32. The molecule has 1 atom stereocenters. The first-order valence-electron chi connectivity index (χ1n) is 7.47. The number of hydrogen-bond donors (Lipinski definition) is 1. The molecule has 2 aromatic heterocycles. The third kappa shape index (κ3) is 2.74. The molecule has 2 aromatic rings. The zero-order valence-electron chi connectivity index (χ0n) is 12.8. The molecule has 0 saturated carbocycles. The number of carbonyl (C=O) groups excluding carboxylic acids is 1. The van der Waals surface area contributed by atoms with Crippen LogP contribution in [0.25, 0.3) is 0 Å². The predicted octanol–water partition coefficient (Wildman–Crippen LogP) is 0.801. The minimum Gasteiger partial charge on any atom is -0.363 e. The molecule has 3 heterocycles. The van der Waals surface area contributed by atoms with Gasteiger partial charge in [0.15, 0.2) is 0 Å². The second-order valence-corrected chi connectivity index (χ2v) is 5.58. The quantitative estimate of drug-likeness (QED) is 0.876. The highest BCUT2D eigenvalue weighted by Gasteiger charge is 2.31. The second kappa shape index (κ2) is 5.88. The number of aryl methyl sites for hydroxylation is 2. The molecular weight excluding hydrogens is 284 g/mol. The van der Waals surface area contributed by atoms with Crippen molar-refractivity contribution < 1.29 is 9.32 Å². The van der Waals surface area contributed by atoms with E-state index in [4.69, 9.17) is 10.3 Å². The first-order valence-corrected chi connectivity index (χ1v) is 7.47. The fraction of sp³-hybridized carbons (Fsp3) is 0.571. The van der Waals surface area contributed by atoms with Gasteiger partial charge in [-0.2, -0.15) is 10.1 Å². The van der Waals surface area contributed by atoms with Gasteiger partial charge in [0.2, 0.25) is 5.89 Å². The van der Waals surface area contributed by atoms with Crippen molar-refractivity contribution >= 4 is 5.91 Å². The van der Waals surface area contributed by atoms with Crippen LogP contribution in [0.4, 0.5) is 0 Å². The van der Waals surface area contributed by atoms with Gasteiger partial charge in [0.05, 0.1) is 11.7 Å². The monoisotopic (exact) mass is 304 g/mol. The molecule has 1 aliphatic rings. The summed E-state index contributed by atoms with van der Waals surface area (Å²) >= 11 is 0. The van der Waals surface area contributed by atoms with E-state index in [1.807, 2.05) is 11.7 Å². The Morgan fingerprint density at radius 3 is 3.05 bits per heavy atom. The Morgan fingerprint density at radius 1 is 1.55 bits per heavy atom. The number of amides is 1. The van der Waals surface area contributed by atoms with Gasteiger partial charge in [-0.05, 0) is 25.8 Å². The molecule has 1 fully saturated rings. The van der Waals surface area contributed by atoms with Crippen LogP contribution >= 0.6 is 0 Å². The molecule has 8 heteroatoms. The fourth-order valence-electron chi connectivity index (χ4n) is 3.00. The Hall–Kier alpha value is -2.22. The number of hydrogen-bond acceptors (Lipinski definition) is 6. The van der Waals surface area contributed by atoms with Crippen molar-refractivity contribution in [1.29, 1.82) is 0 Å². The van der Waals surface area contributed by atoms with E-state index in [0.717, 1.165) is 38.0 Å². The molecule has 1 saturated heterocycles. The van der Waals surface area contributed by atoms with Gasteiger partial charge in [0, 0.05) is 25.4 Å². The predicted molar refractivity (Wildman–Crippen MR) is 77.8 cm³/mol. The van der Waals surface area contributed by atoms with Crippen molar-refractivity contribution in [2.75, 3.05) is 6.54 Å². The summed E-state index contributed by atoms with van der Waals surface area (Å²) in [4.78, 5) is 17.5. The van der Waals surface area contributed by atoms with Gasteiger partial charge in [-0.15, -0.1) is 0 Å². The molecular formula is C14H20N6O2. The molecule has 1 aliphatic heterocycles. The average Bonchev–Trinajstić information content (AvgIpc) is 3.18. The van der Waals surface area contributed by atoms with Gasteiger partial charge >= 0.3 is 0 Å². The summed E-state index contributed by atoms with van der Waals surface area (Å²) in [6.45, 7) is 3.84. The topological polar surface area (TPSA) is 103 Å². The SMILES string of the molecule is CCc1nn(C)cc1CN1CCCC1c1nc(C(N)=O)no1. The summed E-state index contributed by atoms with van der Waals surface area (Å²) < 4.78 is 7.06. The van der Waals surface area contributed by atoms with Gasteiger partial charge in [0.1, 0.15) is 0 Å². The van der Waals surface area contributed by atoms with E-state index in [1.54, 1.807) is 0 Å². The lowest BCUT2D eigenvalue weighted by Crippen LogP contribution is -2.23. The van der Waals surface area contributed by atoms with Crippen LogP contribution in [0.1, 0.15) is 53.6 Å². The summed E-state index contributed by atoms with van der Waals surface area (Å²) in [5.41, 5.74) is 7.50. The minimum atomic E-state index is -0.667. The van der Waals surface area contributed by atoms with E-state index in [-0.39, 0.29) is 11.9 Å². The van der Waals surface area contributed by atoms with Crippen LogP contribution in [0, 0.1) is 0 Å². The van der Waals surface area contributed by atoms with E-state index in [0.29, 0.717) is 5.89 Å². The van der Waals surface area contributed by atoms with Gasteiger partial charge in [-0.3, -0.25) is 14.4 Å². The molecule has 0 spiro atoms. The molecule has 0 aliphatic carbocycles. The number of likely N-dealkylation sites (tertiary alicyclic amines) is 1. The first kappa shape index (κ1) is 14.7. The van der Waals surface area contributed by atoms with Crippen molar-refractivity contribution in [3.05, 3.63) is 29.2 Å². The Balaban J connectivity index is 1.79. The third-order valence-electron chi connectivity index (χ3n) is 4.01. The van der Waals surface area contributed by atoms with E-state index >= 15 is 0 Å². The van der Waals surface area contributed by atoms with E-state index in [9.17, 15) is 4.79 Å². The number of nitrogens with zero attached hydrogens (tertiary/aromatic N) is 5. The zero-order chi connectivity index (χ0) is 15.7. The Morgan fingerprint density at radius 2 is 2.36 bits per heavy atom. The number of nitrogens with two attached hydrogens (primary N) is 1. The van der Waals surface area contributed by atoms with Crippen molar-refractivity contribution in [1.82, 2.24) is 24.8 Å². The lowest BCUT2D eigenvalue weighted by Gasteiger charge is -2.21. The van der Waals surface area contributed by atoms with Gasteiger partial charge in [-0.1, -0.05) is 12.1 Å². The largest absolute Gasteiger partial charge is 0.363 e. The molecule has 22 heavy (non-hydrogen) atoms. The normalized spacial score (nSPS) is 18.9. The maximum absolute atomic E-state index is 11.1.